The second-order valence-electron chi connectivity index (χ2n) is 12.1. The van der Waals surface area contributed by atoms with Gasteiger partial charge in [-0.15, -0.1) is 0 Å². The van der Waals surface area contributed by atoms with Crippen molar-refractivity contribution in [3.63, 3.8) is 0 Å². The van der Waals surface area contributed by atoms with Crippen LogP contribution in [0.5, 0.6) is 0 Å². The van der Waals surface area contributed by atoms with Crippen LogP contribution in [-0.2, 0) is 20.4 Å². The van der Waals surface area contributed by atoms with Gasteiger partial charge in [0.15, 0.2) is 0 Å². The Hall–Kier alpha value is -3.68. The van der Waals surface area contributed by atoms with E-state index in [0.29, 0.717) is 51.6 Å². The second kappa shape index (κ2) is 14.8. The summed E-state index contributed by atoms with van der Waals surface area (Å²) < 4.78 is 50.9. The van der Waals surface area contributed by atoms with E-state index in [4.69, 9.17) is 9.47 Å². The molecule has 3 fully saturated rings. The molecular formula is C33H42F3N5O5. The summed E-state index contributed by atoms with van der Waals surface area (Å²) in [5.74, 6) is -1.11. The third-order valence-electron chi connectivity index (χ3n) is 9.08. The van der Waals surface area contributed by atoms with Crippen molar-refractivity contribution in [2.45, 2.75) is 44.0 Å². The van der Waals surface area contributed by atoms with Gasteiger partial charge in [-0.1, -0.05) is 13.0 Å². The Morgan fingerprint density at radius 1 is 1.02 bits per heavy atom. The Balaban J connectivity index is 1.21. The zero-order valence-electron chi connectivity index (χ0n) is 26.0. The Morgan fingerprint density at radius 3 is 2.41 bits per heavy atom. The summed E-state index contributed by atoms with van der Waals surface area (Å²) in [7, 11) is 0. The predicted octanol–water partition coefficient (Wildman–Crippen LogP) is 3.08. The van der Waals surface area contributed by atoms with Gasteiger partial charge >= 0.3 is 6.18 Å². The van der Waals surface area contributed by atoms with Crippen molar-refractivity contribution in [1.29, 1.82) is 0 Å². The highest BCUT2D eigenvalue weighted by molar-refractivity contribution is 5.97. The molecule has 3 aliphatic rings. The number of nitrogens with one attached hydrogen (secondary N) is 3. The van der Waals surface area contributed by atoms with Crippen LogP contribution >= 0.6 is 0 Å². The minimum atomic E-state index is -4.58. The van der Waals surface area contributed by atoms with Gasteiger partial charge in [-0.2, -0.15) is 13.2 Å². The third kappa shape index (κ3) is 7.81. The van der Waals surface area contributed by atoms with Crippen molar-refractivity contribution in [3.05, 3.63) is 65.2 Å². The van der Waals surface area contributed by atoms with Crippen molar-refractivity contribution in [3.8, 4) is 0 Å². The first-order valence-corrected chi connectivity index (χ1v) is 15.9. The summed E-state index contributed by atoms with van der Waals surface area (Å²) >= 11 is 0. The number of hydrogen-bond donors (Lipinski definition) is 3. The highest BCUT2D eigenvalue weighted by atomic mass is 19.4. The van der Waals surface area contributed by atoms with Gasteiger partial charge in [0.05, 0.1) is 37.0 Å². The largest absolute Gasteiger partial charge is 0.416 e. The summed E-state index contributed by atoms with van der Waals surface area (Å²) in [6.45, 7) is 6.99. The Labute approximate surface area is 267 Å². The molecule has 0 aromatic heterocycles. The molecule has 3 heterocycles. The third-order valence-corrected chi connectivity index (χ3v) is 9.08. The molecule has 2 aromatic rings. The molecule has 13 heteroatoms. The van der Waals surface area contributed by atoms with Gasteiger partial charge in [0.1, 0.15) is 0 Å². The molecular weight excluding hydrogens is 603 g/mol. The van der Waals surface area contributed by atoms with Crippen LogP contribution in [0, 0.1) is 5.92 Å². The minimum Gasteiger partial charge on any atom is -0.378 e. The van der Waals surface area contributed by atoms with E-state index in [1.54, 1.807) is 4.90 Å². The molecule has 0 unspecified atom stereocenters. The van der Waals surface area contributed by atoms with Crippen molar-refractivity contribution in [2.75, 3.05) is 70.5 Å². The van der Waals surface area contributed by atoms with Crippen LogP contribution in [0.15, 0.2) is 48.5 Å². The van der Waals surface area contributed by atoms with Gasteiger partial charge in [-0.25, -0.2) is 0 Å². The Kier molecular flexibility index (Phi) is 10.9. The maximum Gasteiger partial charge on any atom is 0.416 e. The van der Waals surface area contributed by atoms with Gasteiger partial charge in [-0.05, 0) is 67.6 Å². The van der Waals surface area contributed by atoms with Crippen LogP contribution in [0.25, 0.3) is 0 Å². The SMILES string of the molecule is CCCO[C@@H]1CNC[C@]1(NC(=O)CNC(=O)c1cccc(C(F)(F)F)c1)C1CCN(c2ccc(C(=O)N3CCOCC3)cc2)CC1. The van der Waals surface area contributed by atoms with Crippen LogP contribution in [0.2, 0.25) is 0 Å². The van der Waals surface area contributed by atoms with Gasteiger partial charge in [0.2, 0.25) is 5.91 Å². The van der Waals surface area contributed by atoms with Crippen molar-refractivity contribution >= 4 is 23.4 Å². The molecule has 3 saturated heterocycles. The molecule has 3 N–H and O–H groups in total. The van der Waals surface area contributed by atoms with Gasteiger partial charge in [-0.3, -0.25) is 14.4 Å². The van der Waals surface area contributed by atoms with E-state index in [-0.39, 0.29) is 30.0 Å². The van der Waals surface area contributed by atoms with Crippen LogP contribution < -0.4 is 20.9 Å². The summed E-state index contributed by atoms with van der Waals surface area (Å²) in [5, 5.41) is 9.03. The van der Waals surface area contributed by atoms with Crippen molar-refractivity contribution in [2.24, 2.45) is 5.92 Å². The van der Waals surface area contributed by atoms with Crippen LogP contribution in [0.1, 0.15) is 52.5 Å². The quantitative estimate of drug-likeness (QED) is 0.364. The number of carbonyl (C=O) groups is 3. The number of alkyl halides is 3. The maximum absolute atomic E-state index is 13.3. The number of ether oxygens (including phenoxy) is 2. The molecule has 2 aromatic carbocycles. The molecule has 0 saturated carbocycles. The average molecular weight is 646 g/mol. The molecule has 3 amide bonds. The maximum atomic E-state index is 13.3. The number of morpholine rings is 1. The number of benzene rings is 2. The minimum absolute atomic E-state index is 0.00381. The van der Waals surface area contributed by atoms with E-state index in [9.17, 15) is 27.6 Å². The monoisotopic (exact) mass is 645 g/mol. The Bertz CT molecular complexity index is 1360. The van der Waals surface area contributed by atoms with Gasteiger partial charge in [0, 0.05) is 62.7 Å². The highest BCUT2D eigenvalue weighted by Gasteiger charge is 2.51. The molecule has 0 radical (unpaired) electrons. The second-order valence-corrected chi connectivity index (χ2v) is 12.1. The molecule has 0 aliphatic carbocycles. The fourth-order valence-corrected chi connectivity index (χ4v) is 6.63. The first kappa shape index (κ1) is 33.7. The van der Waals surface area contributed by atoms with Crippen LogP contribution in [0.4, 0.5) is 18.9 Å². The number of piperidine rings is 1. The molecule has 2 atom stereocenters. The van der Waals surface area contributed by atoms with Crippen LogP contribution in [-0.4, -0.2) is 99.9 Å². The van der Waals surface area contributed by atoms with E-state index in [1.165, 1.54) is 12.1 Å². The summed E-state index contributed by atoms with van der Waals surface area (Å²) in [5.41, 5.74) is -0.144. The van der Waals surface area contributed by atoms with E-state index in [2.05, 4.69) is 20.9 Å². The topological polar surface area (TPSA) is 112 Å². The fourth-order valence-electron chi connectivity index (χ4n) is 6.63. The zero-order chi connectivity index (χ0) is 32.7. The normalized spacial score (nSPS) is 22.5. The van der Waals surface area contributed by atoms with Gasteiger partial charge < -0.3 is 35.2 Å². The highest BCUT2D eigenvalue weighted by Crippen LogP contribution is 2.36. The molecule has 3 aliphatic heterocycles. The number of anilines is 1. The average Bonchev–Trinajstić information content (AvgIpc) is 3.48. The number of amides is 3. The summed E-state index contributed by atoms with van der Waals surface area (Å²) in [4.78, 5) is 42.8. The number of hydrogen-bond acceptors (Lipinski definition) is 7. The lowest BCUT2D eigenvalue weighted by Crippen LogP contribution is -2.64. The standard InChI is InChI=1S/C33H42F3N5O5/c1-2-16-46-28-20-37-22-32(28,39-29(42)21-38-30(43)24-4-3-5-26(19-24)33(34,35)36)25-10-12-40(13-11-25)27-8-6-23(7-9-27)31(44)41-14-17-45-18-15-41/h3-9,19,25,28,37H,2,10-18,20-22H2,1H3,(H,38,43)(H,39,42)/t28-,32+/m1/s1. The summed E-state index contributed by atoms with van der Waals surface area (Å²) in [6.07, 6.45) is -2.49. The smallest absolute Gasteiger partial charge is 0.378 e. The molecule has 0 spiro atoms. The lowest BCUT2D eigenvalue weighted by atomic mass is 9.75. The van der Waals surface area contributed by atoms with Crippen LogP contribution in [0.3, 0.4) is 0 Å². The Morgan fingerprint density at radius 2 is 1.74 bits per heavy atom. The zero-order valence-corrected chi connectivity index (χ0v) is 26.0. The van der Waals surface area contributed by atoms with E-state index >= 15 is 0 Å². The lowest BCUT2D eigenvalue weighted by molar-refractivity contribution is -0.137. The molecule has 10 nitrogen and oxygen atoms in total. The van der Waals surface area contributed by atoms with E-state index < -0.39 is 29.1 Å². The van der Waals surface area contributed by atoms with Gasteiger partial charge in [0.25, 0.3) is 11.8 Å². The molecule has 46 heavy (non-hydrogen) atoms. The van der Waals surface area contributed by atoms with E-state index in [1.807, 2.05) is 31.2 Å². The number of carbonyl (C=O) groups excluding carboxylic acids is 3. The number of halogens is 3. The first-order chi connectivity index (χ1) is 22.1. The van der Waals surface area contributed by atoms with E-state index in [0.717, 1.165) is 50.2 Å². The number of rotatable bonds is 10. The molecule has 250 valence electrons. The lowest BCUT2D eigenvalue weighted by Gasteiger charge is -2.46. The van der Waals surface area contributed by atoms with Crippen molar-refractivity contribution < 1.29 is 37.0 Å². The van der Waals surface area contributed by atoms with Crippen molar-refractivity contribution in [1.82, 2.24) is 20.9 Å². The molecule has 0 bridgehead atoms. The molecule has 5 rings (SSSR count). The first-order valence-electron chi connectivity index (χ1n) is 15.9. The fraction of sp³-hybridized carbons (Fsp3) is 0.545. The predicted molar refractivity (Wildman–Crippen MR) is 166 cm³/mol. The number of nitrogens with zero attached hydrogens (tertiary/aromatic N) is 2. The summed E-state index contributed by atoms with van der Waals surface area (Å²) in [6, 6.07) is 11.8.